The minimum atomic E-state index is 0.448. The van der Waals surface area contributed by atoms with Gasteiger partial charge in [0.1, 0.15) is 12.7 Å². The Morgan fingerprint density at radius 2 is 2.30 bits per heavy atom. The summed E-state index contributed by atoms with van der Waals surface area (Å²) in [5.74, 6) is 0. The Morgan fingerprint density at radius 1 is 1.60 bits per heavy atom. The van der Waals surface area contributed by atoms with Crippen LogP contribution in [-0.4, -0.2) is 19.8 Å². The van der Waals surface area contributed by atoms with Crippen LogP contribution in [0, 0.1) is 12.5 Å². The third-order valence-electron chi connectivity index (χ3n) is 0.762. The molecule has 0 aliphatic rings. The molecule has 0 spiro atoms. The monoisotopic (exact) mass is 140 g/mol. The van der Waals surface area contributed by atoms with Crippen LogP contribution in [0.5, 0.6) is 0 Å². The zero-order valence-electron chi connectivity index (χ0n) is 6.22. The first-order valence-electron chi connectivity index (χ1n) is 3.07. The SMILES string of the molecule is C#COCCOCC(=C)C. The molecule has 0 saturated heterocycles. The Morgan fingerprint density at radius 3 is 2.80 bits per heavy atom. The second-order valence-corrected chi connectivity index (χ2v) is 1.98. The van der Waals surface area contributed by atoms with Gasteiger partial charge in [-0.05, 0) is 6.92 Å². The highest BCUT2D eigenvalue weighted by Crippen LogP contribution is 1.87. The fourth-order valence-electron chi connectivity index (χ4n) is 0.406. The minimum Gasteiger partial charge on any atom is -0.444 e. The first-order chi connectivity index (χ1) is 4.77. The average Bonchev–Trinajstić information content (AvgIpc) is 1.87. The fraction of sp³-hybridized carbons (Fsp3) is 0.500. The molecule has 0 rings (SSSR count). The standard InChI is InChI=1S/C8H12O2/c1-4-9-5-6-10-7-8(2)3/h1H,2,5-7H2,3H3. The Balaban J connectivity index is 2.92. The minimum absolute atomic E-state index is 0.448. The molecule has 0 bridgehead atoms. The Kier molecular flexibility index (Phi) is 5.60. The average molecular weight is 140 g/mol. The van der Waals surface area contributed by atoms with Crippen molar-refractivity contribution in [3.8, 4) is 12.5 Å². The van der Waals surface area contributed by atoms with Crippen molar-refractivity contribution >= 4 is 0 Å². The second-order valence-electron chi connectivity index (χ2n) is 1.98. The lowest BCUT2D eigenvalue weighted by molar-refractivity contribution is 0.106. The van der Waals surface area contributed by atoms with Gasteiger partial charge in [0, 0.05) is 0 Å². The van der Waals surface area contributed by atoms with E-state index in [1.54, 1.807) is 0 Å². The van der Waals surface area contributed by atoms with Crippen molar-refractivity contribution in [2.45, 2.75) is 6.92 Å². The van der Waals surface area contributed by atoms with Gasteiger partial charge in [-0.3, -0.25) is 0 Å². The van der Waals surface area contributed by atoms with Gasteiger partial charge in [-0.25, -0.2) is 0 Å². The summed E-state index contributed by atoms with van der Waals surface area (Å²) in [7, 11) is 0. The number of hydrogen-bond acceptors (Lipinski definition) is 2. The van der Waals surface area contributed by atoms with Crippen LogP contribution >= 0.6 is 0 Å². The highest BCUT2D eigenvalue weighted by Gasteiger charge is 1.86. The number of terminal acetylenes is 1. The van der Waals surface area contributed by atoms with Gasteiger partial charge in [0.25, 0.3) is 0 Å². The molecule has 0 aromatic carbocycles. The lowest BCUT2D eigenvalue weighted by atomic mass is 10.4. The molecule has 0 atom stereocenters. The lowest BCUT2D eigenvalue weighted by Crippen LogP contribution is -2.02. The van der Waals surface area contributed by atoms with E-state index in [1.165, 1.54) is 0 Å². The molecular formula is C8H12O2. The molecule has 0 aromatic heterocycles. The van der Waals surface area contributed by atoms with Gasteiger partial charge in [-0.2, -0.15) is 0 Å². The van der Waals surface area contributed by atoms with E-state index in [2.05, 4.69) is 17.4 Å². The predicted octanol–water partition coefficient (Wildman–Crippen LogP) is 1.19. The van der Waals surface area contributed by atoms with Gasteiger partial charge >= 0.3 is 0 Å². The molecule has 0 amide bonds. The summed E-state index contributed by atoms with van der Waals surface area (Å²) in [5, 5.41) is 0. The molecule has 2 nitrogen and oxygen atoms in total. The number of ether oxygens (including phenoxy) is 2. The zero-order chi connectivity index (χ0) is 7.82. The highest BCUT2D eigenvalue weighted by molar-refractivity contribution is 4.87. The molecule has 0 aliphatic heterocycles. The third kappa shape index (κ3) is 7.06. The van der Waals surface area contributed by atoms with Crippen LogP contribution in [0.2, 0.25) is 0 Å². The van der Waals surface area contributed by atoms with Crippen molar-refractivity contribution in [2.75, 3.05) is 19.8 Å². The van der Waals surface area contributed by atoms with Gasteiger partial charge in [0.05, 0.1) is 13.2 Å². The first kappa shape index (κ1) is 9.06. The molecular weight excluding hydrogens is 128 g/mol. The summed E-state index contributed by atoms with van der Waals surface area (Å²) in [6, 6.07) is 0. The van der Waals surface area contributed by atoms with E-state index in [-0.39, 0.29) is 0 Å². The Bertz CT molecular complexity index is 133. The molecule has 0 N–H and O–H groups in total. The predicted molar refractivity (Wildman–Crippen MR) is 40.4 cm³/mol. The summed E-state index contributed by atoms with van der Waals surface area (Å²) in [5.41, 5.74) is 1.00. The van der Waals surface area contributed by atoms with E-state index in [0.29, 0.717) is 19.8 Å². The summed E-state index contributed by atoms with van der Waals surface area (Å²) in [6.07, 6.45) is 6.88. The van der Waals surface area contributed by atoms with Gasteiger partial charge in [-0.15, -0.1) is 0 Å². The highest BCUT2D eigenvalue weighted by atomic mass is 16.5. The normalized spacial score (nSPS) is 8.40. The first-order valence-corrected chi connectivity index (χ1v) is 3.07. The Labute approximate surface area is 61.8 Å². The van der Waals surface area contributed by atoms with Crippen LogP contribution in [0.1, 0.15) is 6.92 Å². The van der Waals surface area contributed by atoms with Gasteiger partial charge in [0.2, 0.25) is 0 Å². The zero-order valence-corrected chi connectivity index (χ0v) is 6.22. The van der Waals surface area contributed by atoms with Crippen molar-refractivity contribution in [1.82, 2.24) is 0 Å². The van der Waals surface area contributed by atoms with E-state index < -0.39 is 0 Å². The van der Waals surface area contributed by atoms with Crippen molar-refractivity contribution in [3.05, 3.63) is 12.2 Å². The van der Waals surface area contributed by atoms with Crippen molar-refractivity contribution in [1.29, 1.82) is 0 Å². The number of hydrogen-bond donors (Lipinski definition) is 0. The van der Waals surface area contributed by atoms with Crippen LogP contribution in [0.4, 0.5) is 0 Å². The molecule has 0 radical (unpaired) electrons. The van der Waals surface area contributed by atoms with Crippen molar-refractivity contribution in [2.24, 2.45) is 0 Å². The van der Waals surface area contributed by atoms with Gasteiger partial charge in [-0.1, -0.05) is 18.6 Å². The quantitative estimate of drug-likeness (QED) is 0.324. The molecule has 0 fully saturated rings. The summed E-state index contributed by atoms with van der Waals surface area (Å²) < 4.78 is 9.67. The molecule has 2 heteroatoms. The smallest absolute Gasteiger partial charge is 0.123 e. The van der Waals surface area contributed by atoms with E-state index in [9.17, 15) is 0 Å². The maximum absolute atomic E-state index is 5.08. The molecule has 0 unspecified atom stereocenters. The lowest BCUT2D eigenvalue weighted by Gasteiger charge is -2.00. The largest absolute Gasteiger partial charge is 0.444 e. The fourth-order valence-corrected chi connectivity index (χ4v) is 0.406. The van der Waals surface area contributed by atoms with E-state index in [4.69, 9.17) is 11.2 Å². The summed E-state index contributed by atoms with van der Waals surface area (Å²) >= 11 is 0. The van der Waals surface area contributed by atoms with Crippen LogP contribution in [-0.2, 0) is 9.47 Å². The Hall–Kier alpha value is -0.940. The molecule has 0 aromatic rings. The van der Waals surface area contributed by atoms with Crippen LogP contribution in [0.3, 0.4) is 0 Å². The van der Waals surface area contributed by atoms with Crippen molar-refractivity contribution < 1.29 is 9.47 Å². The second kappa shape index (κ2) is 6.18. The van der Waals surface area contributed by atoms with Gasteiger partial charge in [0.15, 0.2) is 0 Å². The number of rotatable bonds is 5. The van der Waals surface area contributed by atoms with Crippen LogP contribution < -0.4 is 0 Å². The summed E-state index contributed by atoms with van der Waals surface area (Å²) in [4.78, 5) is 0. The van der Waals surface area contributed by atoms with Gasteiger partial charge < -0.3 is 9.47 Å². The van der Waals surface area contributed by atoms with E-state index in [0.717, 1.165) is 5.57 Å². The molecule has 10 heavy (non-hydrogen) atoms. The third-order valence-corrected chi connectivity index (χ3v) is 0.762. The molecule has 0 aliphatic carbocycles. The van der Waals surface area contributed by atoms with Crippen molar-refractivity contribution in [3.63, 3.8) is 0 Å². The van der Waals surface area contributed by atoms with Crippen LogP contribution in [0.25, 0.3) is 0 Å². The molecule has 0 heterocycles. The maximum Gasteiger partial charge on any atom is 0.123 e. The van der Waals surface area contributed by atoms with E-state index >= 15 is 0 Å². The van der Waals surface area contributed by atoms with E-state index in [1.807, 2.05) is 6.92 Å². The topological polar surface area (TPSA) is 18.5 Å². The maximum atomic E-state index is 5.08. The molecule has 56 valence electrons. The summed E-state index contributed by atoms with van der Waals surface area (Å²) in [6.45, 7) is 7.12. The van der Waals surface area contributed by atoms with Crippen LogP contribution in [0.15, 0.2) is 12.2 Å². The molecule has 0 saturated carbocycles.